The van der Waals surface area contributed by atoms with Crippen LogP contribution in [0, 0.1) is 18.7 Å². The molecule has 3 aromatic carbocycles. The fraction of sp³-hybridized carbons (Fsp3) is 0.294. The first-order valence-electron chi connectivity index (χ1n) is 13.8. The van der Waals surface area contributed by atoms with E-state index in [0.717, 1.165) is 55.1 Å². The van der Waals surface area contributed by atoms with E-state index >= 15 is 4.39 Å². The predicted molar refractivity (Wildman–Crippen MR) is 162 cm³/mol. The first-order chi connectivity index (χ1) is 19.0. The molecule has 4 rings (SSSR count). The maximum atomic E-state index is 15.2. The summed E-state index contributed by atoms with van der Waals surface area (Å²) in [5, 5.41) is 7.38. The average molecular weight is 523 g/mol. The maximum Gasteiger partial charge on any atom is 0.146 e. The molecule has 0 bridgehead atoms. The lowest BCUT2D eigenvalue weighted by Gasteiger charge is -2.19. The summed E-state index contributed by atoms with van der Waals surface area (Å²) in [6, 6.07) is 18.0. The van der Waals surface area contributed by atoms with E-state index in [-0.39, 0.29) is 5.82 Å². The molecular weight excluding hydrogens is 483 g/mol. The molecule has 0 aliphatic carbocycles. The maximum absolute atomic E-state index is 15.2. The van der Waals surface area contributed by atoms with Crippen molar-refractivity contribution in [2.24, 2.45) is 5.92 Å². The van der Waals surface area contributed by atoms with Gasteiger partial charge in [0.15, 0.2) is 0 Å². The predicted octanol–water partition coefficient (Wildman–Crippen LogP) is 8.22. The molecular formula is C34H39FN4. The van der Waals surface area contributed by atoms with Gasteiger partial charge in [-0.25, -0.2) is 14.4 Å². The highest BCUT2D eigenvalue weighted by atomic mass is 19.1. The number of hydrogen-bond acceptors (Lipinski definition) is 4. The van der Waals surface area contributed by atoms with Crippen molar-refractivity contribution in [2.75, 3.05) is 11.9 Å². The van der Waals surface area contributed by atoms with Crippen LogP contribution in [0.3, 0.4) is 0 Å². The van der Waals surface area contributed by atoms with Crippen molar-refractivity contribution in [2.45, 2.75) is 52.4 Å². The van der Waals surface area contributed by atoms with Crippen molar-refractivity contribution in [3.63, 3.8) is 0 Å². The zero-order valence-electron chi connectivity index (χ0n) is 23.1. The molecule has 4 nitrogen and oxygen atoms in total. The van der Waals surface area contributed by atoms with Crippen LogP contribution in [0.2, 0.25) is 0 Å². The van der Waals surface area contributed by atoms with Crippen molar-refractivity contribution in [3.05, 3.63) is 120 Å². The third kappa shape index (κ3) is 7.53. The summed E-state index contributed by atoms with van der Waals surface area (Å²) in [6.07, 6.45) is 11.0. The first kappa shape index (κ1) is 28.0. The Labute approximate surface area is 232 Å². The number of halogens is 1. The molecule has 1 heterocycles. The van der Waals surface area contributed by atoms with E-state index in [9.17, 15) is 0 Å². The van der Waals surface area contributed by atoms with Crippen LogP contribution in [-0.2, 0) is 19.3 Å². The van der Waals surface area contributed by atoms with Crippen LogP contribution in [0.15, 0.2) is 86.4 Å². The van der Waals surface area contributed by atoms with Crippen molar-refractivity contribution >= 4 is 22.4 Å². The van der Waals surface area contributed by atoms with Crippen LogP contribution >= 0.6 is 0 Å². The van der Waals surface area contributed by atoms with E-state index in [0.29, 0.717) is 23.8 Å². The van der Waals surface area contributed by atoms with Gasteiger partial charge in [0, 0.05) is 11.9 Å². The van der Waals surface area contributed by atoms with Crippen molar-refractivity contribution < 1.29 is 4.39 Å². The van der Waals surface area contributed by atoms with Gasteiger partial charge in [-0.1, -0.05) is 55.5 Å². The van der Waals surface area contributed by atoms with Crippen LogP contribution < -0.4 is 10.6 Å². The van der Waals surface area contributed by atoms with Gasteiger partial charge in [0.1, 0.15) is 18.0 Å². The Hall–Kier alpha value is -3.99. The zero-order valence-corrected chi connectivity index (χ0v) is 23.1. The number of nitrogens with one attached hydrogen (secondary N) is 2. The lowest BCUT2D eigenvalue weighted by atomic mass is 9.88. The molecule has 5 heteroatoms. The third-order valence-electron chi connectivity index (χ3n) is 7.24. The number of aryl methyl sites for hydroxylation is 2. The summed E-state index contributed by atoms with van der Waals surface area (Å²) in [4.78, 5) is 9.04. The van der Waals surface area contributed by atoms with E-state index < -0.39 is 0 Å². The molecule has 2 N–H and O–H groups in total. The van der Waals surface area contributed by atoms with Gasteiger partial charge in [0.05, 0.1) is 11.2 Å². The Morgan fingerprint density at radius 3 is 2.56 bits per heavy atom. The molecule has 0 spiro atoms. The van der Waals surface area contributed by atoms with Gasteiger partial charge in [-0.2, -0.15) is 0 Å². The highest BCUT2D eigenvalue weighted by molar-refractivity contribution is 5.91. The Bertz CT molecular complexity index is 1430. The quantitative estimate of drug-likeness (QED) is 0.129. The summed E-state index contributed by atoms with van der Waals surface area (Å²) in [5.74, 6) is 0.833. The Morgan fingerprint density at radius 1 is 0.974 bits per heavy atom. The van der Waals surface area contributed by atoms with E-state index in [1.165, 1.54) is 22.3 Å². The van der Waals surface area contributed by atoms with Crippen LogP contribution in [0.5, 0.6) is 0 Å². The number of hydrogen-bond donors (Lipinski definition) is 2. The van der Waals surface area contributed by atoms with E-state index in [4.69, 9.17) is 0 Å². The first-order valence-corrected chi connectivity index (χ1v) is 13.8. The molecule has 0 aliphatic rings. The summed E-state index contributed by atoms with van der Waals surface area (Å²) in [7, 11) is 0. The second kappa shape index (κ2) is 13.7. The normalized spacial score (nSPS) is 11.8. The lowest BCUT2D eigenvalue weighted by molar-refractivity contribution is 0.446. The molecule has 0 radical (unpaired) electrons. The second-order valence-corrected chi connectivity index (χ2v) is 10.2. The Balaban J connectivity index is 1.60. The minimum Gasteiger partial charge on any atom is -0.391 e. The number of aromatic nitrogens is 2. The van der Waals surface area contributed by atoms with Crippen molar-refractivity contribution in [3.8, 4) is 0 Å². The number of rotatable bonds is 14. The summed E-state index contributed by atoms with van der Waals surface area (Å²) < 4.78 is 15.2. The van der Waals surface area contributed by atoms with E-state index in [1.807, 2.05) is 18.2 Å². The van der Waals surface area contributed by atoms with E-state index in [2.05, 4.69) is 77.9 Å². The third-order valence-corrected chi connectivity index (χ3v) is 7.24. The highest BCUT2D eigenvalue weighted by Crippen LogP contribution is 2.30. The van der Waals surface area contributed by atoms with Gasteiger partial charge in [0.2, 0.25) is 0 Å². The molecule has 202 valence electrons. The van der Waals surface area contributed by atoms with Gasteiger partial charge < -0.3 is 10.6 Å². The fourth-order valence-corrected chi connectivity index (χ4v) is 5.17. The van der Waals surface area contributed by atoms with Crippen molar-refractivity contribution in [1.82, 2.24) is 15.3 Å². The molecule has 0 saturated carbocycles. The Kier molecular flexibility index (Phi) is 9.85. The summed E-state index contributed by atoms with van der Waals surface area (Å²) in [5.41, 5.74) is 7.16. The smallest absolute Gasteiger partial charge is 0.146 e. The fourth-order valence-electron chi connectivity index (χ4n) is 5.17. The van der Waals surface area contributed by atoms with Gasteiger partial charge in [-0.3, -0.25) is 0 Å². The van der Waals surface area contributed by atoms with Crippen LogP contribution in [0.1, 0.15) is 54.0 Å². The average Bonchev–Trinajstić information content (AvgIpc) is 2.93. The standard InChI is InChI=1S/C34H39FN4/c1-5-8-11-25(15-16-36-7-3)19-29-21-30-33(22-28(29)6-2)37-23-38-34(30)39-32-14-13-27(20-31(32)35)18-26-12-9-10-24(4)17-26/h5,7,9-10,12-14,17,20-23,25,36H,1,3,6,8,11,15-16,18-19H2,2,4H3,(H,37,38,39). The topological polar surface area (TPSA) is 49.8 Å². The van der Waals surface area contributed by atoms with Gasteiger partial charge in [-0.15, -0.1) is 6.58 Å². The molecule has 1 atom stereocenters. The molecule has 0 aliphatic heterocycles. The minimum absolute atomic E-state index is 0.295. The highest BCUT2D eigenvalue weighted by Gasteiger charge is 2.15. The summed E-state index contributed by atoms with van der Waals surface area (Å²) in [6.45, 7) is 12.8. The lowest BCUT2D eigenvalue weighted by Crippen LogP contribution is -2.15. The number of fused-ring (bicyclic) bond motifs is 1. The number of anilines is 2. The molecule has 0 fully saturated rings. The Morgan fingerprint density at radius 2 is 1.82 bits per heavy atom. The monoisotopic (exact) mass is 522 g/mol. The SMILES string of the molecule is C=CCCC(CCNC=C)Cc1cc2c(Nc3ccc(Cc4cccc(C)c4)cc3F)ncnc2cc1CC. The molecule has 1 aromatic heterocycles. The number of benzene rings is 3. The van der Waals surface area contributed by atoms with Crippen LogP contribution in [0.25, 0.3) is 10.9 Å². The number of allylic oxidation sites excluding steroid dienone is 1. The van der Waals surface area contributed by atoms with E-state index in [1.54, 1.807) is 24.7 Å². The van der Waals surface area contributed by atoms with Gasteiger partial charge in [0.25, 0.3) is 0 Å². The zero-order chi connectivity index (χ0) is 27.6. The van der Waals surface area contributed by atoms with Crippen molar-refractivity contribution in [1.29, 1.82) is 0 Å². The molecule has 1 unspecified atom stereocenters. The van der Waals surface area contributed by atoms with Crippen LogP contribution in [0.4, 0.5) is 15.9 Å². The minimum atomic E-state index is -0.295. The second-order valence-electron chi connectivity index (χ2n) is 10.2. The molecule has 0 saturated heterocycles. The van der Waals surface area contributed by atoms with Crippen LogP contribution in [-0.4, -0.2) is 16.5 Å². The number of nitrogens with zero attached hydrogens (tertiary/aromatic N) is 2. The molecule has 0 amide bonds. The largest absolute Gasteiger partial charge is 0.391 e. The molecule has 39 heavy (non-hydrogen) atoms. The van der Waals surface area contributed by atoms with Gasteiger partial charge >= 0.3 is 0 Å². The molecule has 4 aromatic rings. The van der Waals surface area contributed by atoms with Gasteiger partial charge in [-0.05, 0) is 104 Å². The summed E-state index contributed by atoms with van der Waals surface area (Å²) >= 11 is 0.